The lowest BCUT2D eigenvalue weighted by atomic mass is 10.0. The maximum Gasteiger partial charge on any atom is 0.0195 e. The number of nitrogens with one attached hydrogen (secondary N) is 1. The highest BCUT2D eigenvalue weighted by atomic mass is 15.2. The van der Waals surface area contributed by atoms with Crippen molar-refractivity contribution >= 4 is 0 Å². The minimum absolute atomic E-state index is 0.742. The highest BCUT2D eigenvalue weighted by Gasteiger charge is 2.15. The fraction of sp³-hybridized carbons (Fsp3) is 1.00. The topological polar surface area (TPSA) is 15.3 Å². The van der Waals surface area contributed by atoms with Gasteiger partial charge in [0.15, 0.2) is 0 Å². The first-order valence-electron chi connectivity index (χ1n) is 5.10. The molecule has 0 aromatic rings. The molecule has 1 atom stereocenters. The molecule has 2 heteroatoms. The molecule has 0 bridgehead atoms. The van der Waals surface area contributed by atoms with Gasteiger partial charge in [-0.1, -0.05) is 13.8 Å². The van der Waals surface area contributed by atoms with Crippen LogP contribution in [0.3, 0.4) is 0 Å². The SMILES string of the molecule is CC(C)CCC1CN(C)CCN1. The van der Waals surface area contributed by atoms with E-state index >= 15 is 0 Å². The first kappa shape index (κ1) is 10.0. The third-order valence-corrected chi connectivity index (χ3v) is 2.55. The third-order valence-electron chi connectivity index (χ3n) is 2.55. The Morgan fingerprint density at radius 2 is 2.25 bits per heavy atom. The molecule has 1 N–H and O–H groups in total. The highest BCUT2D eigenvalue weighted by molar-refractivity contribution is 4.76. The van der Waals surface area contributed by atoms with Gasteiger partial charge in [-0.3, -0.25) is 0 Å². The molecule has 1 unspecified atom stereocenters. The Morgan fingerprint density at radius 1 is 1.50 bits per heavy atom. The first-order valence-corrected chi connectivity index (χ1v) is 5.10. The summed E-state index contributed by atoms with van der Waals surface area (Å²) >= 11 is 0. The summed E-state index contributed by atoms with van der Waals surface area (Å²) < 4.78 is 0. The maximum absolute atomic E-state index is 3.56. The average molecular weight is 170 g/mol. The normalized spacial score (nSPS) is 26.5. The van der Waals surface area contributed by atoms with Crippen molar-refractivity contribution in [3.8, 4) is 0 Å². The lowest BCUT2D eigenvalue weighted by Gasteiger charge is -2.31. The minimum Gasteiger partial charge on any atom is -0.311 e. The van der Waals surface area contributed by atoms with Gasteiger partial charge in [0.05, 0.1) is 0 Å². The fourth-order valence-corrected chi connectivity index (χ4v) is 1.72. The molecule has 12 heavy (non-hydrogen) atoms. The summed E-state index contributed by atoms with van der Waals surface area (Å²) in [5.74, 6) is 0.846. The lowest BCUT2D eigenvalue weighted by Crippen LogP contribution is -2.48. The molecule has 0 amide bonds. The van der Waals surface area contributed by atoms with E-state index in [1.165, 1.54) is 32.5 Å². The van der Waals surface area contributed by atoms with Crippen LogP contribution in [0, 0.1) is 5.92 Å². The van der Waals surface area contributed by atoms with E-state index in [2.05, 4.69) is 31.1 Å². The summed E-state index contributed by atoms with van der Waals surface area (Å²) in [6.45, 7) is 8.20. The van der Waals surface area contributed by atoms with Crippen LogP contribution in [0.2, 0.25) is 0 Å². The summed E-state index contributed by atoms with van der Waals surface area (Å²) in [5.41, 5.74) is 0. The molecule has 0 saturated carbocycles. The van der Waals surface area contributed by atoms with Crippen LogP contribution in [-0.4, -0.2) is 37.6 Å². The van der Waals surface area contributed by atoms with Crippen LogP contribution in [0.1, 0.15) is 26.7 Å². The quantitative estimate of drug-likeness (QED) is 0.687. The fourth-order valence-electron chi connectivity index (χ4n) is 1.72. The Kier molecular flexibility index (Phi) is 4.02. The van der Waals surface area contributed by atoms with Gasteiger partial charge >= 0.3 is 0 Å². The Hall–Kier alpha value is -0.0800. The van der Waals surface area contributed by atoms with E-state index in [1.54, 1.807) is 0 Å². The molecular weight excluding hydrogens is 148 g/mol. The van der Waals surface area contributed by atoms with Gasteiger partial charge in [-0.25, -0.2) is 0 Å². The monoisotopic (exact) mass is 170 g/mol. The highest BCUT2D eigenvalue weighted by Crippen LogP contribution is 2.09. The van der Waals surface area contributed by atoms with Crippen molar-refractivity contribution in [2.75, 3.05) is 26.7 Å². The van der Waals surface area contributed by atoms with E-state index < -0.39 is 0 Å². The van der Waals surface area contributed by atoms with Gasteiger partial charge in [0.1, 0.15) is 0 Å². The molecule has 0 radical (unpaired) electrons. The van der Waals surface area contributed by atoms with Crippen molar-refractivity contribution < 1.29 is 0 Å². The third kappa shape index (κ3) is 3.55. The Morgan fingerprint density at radius 3 is 2.83 bits per heavy atom. The number of rotatable bonds is 3. The second-order valence-corrected chi connectivity index (χ2v) is 4.38. The zero-order valence-electron chi connectivity index (χ0n) is 8.64. The smallest absolute Gasteiger partial charge is 0.0195 e. The molecule has 0 spiro atoms. The molecule has 0 aromatic heterocycles. The van der Waals surface area contributed by atoms with Crippen LogP contribution in [-0.2, 0) is 0 Å². The zero-order chi connectivity index (χ0) is 8.97. The number of nitrogens with zero attached hydrogens (tertiary/aromatic N) is 1. The molecule has 1 aliphatic heterocycles. The van der Waals surface area contributed by atoms with Crippen LogP contribution < -0.4 is 5.32 Å². The molecule has 72 valence electrons. The Balaban J connectivity index is 2.14. The van der Waals surface area contributed by atoms with E-state index in [9.17, 15) is 0 Å². The van der Waals surface area contributed by atoms with E-state index in [0.29, 0.717) is 0 Å². The van der Waals surface area contributed by atoms with Gasteiger partial charge in [0, 0.05) is 25.7 Å². The van der Waals surface area contributed by atoms with E-state index in [4.69, 9.17) is 0 Å². The second-order valence-electron chi connectivity index (χ2n) is 4.38. The number of piperazine rings is 1. The number of hydrogen-bond acceptors (Lipinski definition) is 2. The van der Waals surface area contributed by atoms with E-state index in [1.807, 2.05) is 0 Å². The van der Waals surface area contributed by atoms with Crippen LogP contribution >= 0.6 is 0 Å². The maximum atomic E-state index is 3.56. The molecule has 1 heterocycles. The van der Waals surface area contributed by atoms with E-state index in [0.717, 1.165) is 12.0 Å². The molecule has 1 rings (SSSR count). The second kappa shape index (κ2) is 4.83. The van der Waals surface area contributed by atoms with Gasteiger partial charge in [0.2, 0.25) is 0 Å². The summed E-state index contributed by atoms with van der Waals surface area (Å²) in [4.78, 5) is 2.42. The van der Waals surface area contributed by atoms with Gasteiger partial charge in [0.25, 0.3) is 0 Å². The first-order chi connectivity index (χ1) is 5.68. The predicted octanol–water partition coefficient (Wildman–Crippen LogP) is 1.33. The Labute approximate surface area is 76.3 Å². The van der Waals surface area contributed by atoms with Crippen LogP contribution in [0.15, 0.2) is 0 Å². The van der Waals surface area contributed by atoms with Crippen molar-refractivity contribution in [2.24, 2.45) is 5.92 Å². The molecule has 1 saturated heterocycles. The molecule has 2 nitrogen and oxygen atoms in total. The number of likely N-dealkylation sites (N-methyl/N-ethyl adjacent to an activating group) is 1. The Bertz CT molecular complexity index is 123. The largest absolute Gasteiger partial charge is 0.311 e. The van der Waals surface area contributed by atoms with E-state index in [-0.39, 0.29) is 0 Å². The van der Waals surface area contributed by atoms with Crippen molar-refractivity contribution in [3.63, 3.8) is 0 Å². The summed E-state index contributed by atoms with van der Waals surface area (Å²) in [5, 5.41) is 3.56. The lowest BCUT2D eigenvalue weighted by molar-refractivity contribution is 0.226. The average Bonchev–Trinajstić information content (AvgIpc) is 2.01. The van der Waals surface area contributed by atoms with Gasteiger partial charge in [-0.15, -0.1) is 0 Å². The molecule has 1 aliphatic rings. The minimum atomic E-state index is 0.742. The summed E-state index contributed by atoms with van der Waals surface area (Å²) in [7, 11) is 2.21. The molecule has 1 fully saturated rings. The number of hydrogen-bond donors (Lipinski definition) is 1. The van der Waals surface area contributed by atoms with Crippen molar-refractivity contribution in [2.45, 2.75) is 32.7 Å². The van der Waals surface area contributed by atoms with Gasteiger partial charge in [-0.05, 0) is 25.8 Å². The predicted molar refractivity (Wildman–Crippen MR) is 53.4 cm³/mol. The van der Waals surface area contributed by atoms with Crippen LogP contribution in [0.4, 0.5) is 0 Å². The van der Waals surface area contributed by atoms with Crippen molar-refractivity contribution in [3.05, 3.63) is 0 Å². The summed E-state index contributed by atoms with van der Waals surface area (Å²) in [6, 6.07) is 0.742. The summed E-state index contributed by atoms with van der Waals surface area (Å²) in [6.07, 6.45) is 2.69. The van der Waals surface area contributed by atoms with Gasteiger partial charge in [-0.2, -0.15) is 0 Å². The molecular formula is C10H22N2. The van der Waals surface area contributed by atoms with Crippen molar-refractivity contribution in [1.29, 1.82) is 0 Å². The standard InChI is InChI=1S/C10H22N2/c1-9(2)4-5-10-8-12(3)7-6-11-10/h9-11H,4-8H2,1-3H3. The zero-order valence-corrected chi connectivity index (χ0v) is 8.64. The van der Waals surface area contributed by atoms with Crippen LogP contribution in [0.5, 0.6) is 0 Å². The van der Waals surface area contributed by atoms with Crippen molar-refractivity contribution in [1.82, 2.24) is 10.2 Å². The molecule has 0 aromatic carbocycles. The molecule has 0 aliphatic carbocycles. The van der Waals surface area contributed by atoms with Gasteiger partial charge < -0.3 is 10.2 Å². The van der Waals surface area contributed by atoms with Crippen LogP contribution in [0.25, 0.3) is 0 Å².